The van der Waals surface area contributed by atoms with E-state index in [1.165, 1.54) is 17.7 Å². The van der Waals surface area contributed by atoms with Crippen LogP contribution < -0.4 is 21.9 Å². The molecule has 11 heteroatoms. The molecular weight excluding hydrogens is 440 g/mol. The average Bonchev–Trinajstić information content (AvgIpc) is 3.35. The molecule has 0 unspecified atom stereocenters. The minimum Gasteiger partial charge on any atom is -0.383 e. The van der Waals surface area contributed by atoms with Gasteiger partial charge in [-0.3, -0.25) is 24.1 Å². The number of carbonyl (C=O) groups is 1. The van der Waals surface area contributed by atoms with Crippen LogP contribution in [0.4, 0.5) is 11.5 Å². The van der Waals surface area contributed by atoms with Gasteiger partial charge in [-0.15, -0.1) is 0 Å². The molecule has 174 valence electrons. The Morgan fingerprint density at radius 3 is 2.74 bits per heavy atom. The topological polar surface area (TPSA) is 144 Å². The third kappa shape index (κ3) is 5.10. The molecule has 1 amide bonds. The molecule has 4 rings (SSSR count). The van der Waals surface area contributed by atoms with E-state index in [0.29, 0.717) is 17.9 Å². The number of carbonyl (C=O) groups excluding carboxylic acids is 1. The fraction of sp³-hybridized carbons (Fsp3) is 0.174. The van der Waals surface area contributed by atoms with Crippen molar-refractivity contribution >= 4 is 17.4 Å². The van der Waals surface area contributed by atoms with E-state index < -0.39 is 17.2 Å². The van der Waals surface area contributed by atoms with Gasteiger partial charge in [-0.05, 0) is 17.7 Å². The quantitative estimate of drug-likeness (QED) is 0.343. The molecule has 34 heavy (non-hydrogen) atoms. The highest BCUT2D eigenvalue weighted by Gasteiger charge is 2.21. The molecule has 4 aromatic rings. The number of nitrogens with one attached hydrogen (secondary N) is 3. The lowest BCUT2D eigenvalue weighted by atomic mass is 10.2. The van der Waals surface area contributed by atoms with Gasteiger partial charge in [-0.2, -0.15) is 0 Å². The van der Waals surface area contributed by atoms with Crippen LogP contribution in [0.2, 0.25) is 0 Å². The summed E-state index contributed by atoms with van der Waals surface area (Å²) in [6, 6.07) is 14.3. The molecule has 0 radical (unpaired) electrons. The first-order chi connectivity index (χ1) is 16.6. The number of amides is 1. The van der Waals surface area contributed by atoms with Crippen LogP contribution in [0.1, 0.15) is 16.1 Å². The van der Waals surface area contributed by atoms with Gasteiger partial charge in [-0.1, -0.05) is 35.5 Å². The summed E-state index contributed by atoms with van der Waals surface area (Å²) in [4.78, 5) is 44.5. The van der Waals surface area contributed by atoms with E-state index in [4.69, 9.17) is 9.26 Å². The van der Waals surface area contributed by atoms with Crippen molar-refractivity contribution in [3.63, 3.8) is 0 Å². The van der Waals surface area contributed by atoms with Crippen molar-refractivity contribution in [2.75, 3.05) is 24.4 Å². The Hall–Kier alpha value is -4.51. The number of hydrogen-bond acceptors (Lipinski definition) is 8. The highest BCUT2D eigenvalue weighted by Crippen LogP contribution is 2.21. The molecular formula is C23H22N6O5. The maximum atomic E-state index is 13.0. The summed E-state index contributed by atoms with van der Waals surface area (Å²) >= 11 is 0. The number of H-pyrrole nitrogens is 1. The summed E-state index contributed by atoms with van der Waals surface area (Å²) in [6.45, 7) is 0.577. The second-order valence-corrected chi connectivity index (χ2v) is 7.24. The fourth-order valence-corrected chi connectivity index (χ4v) is 3.25. The van der Waals surface area contributed by atoms with Crippen LogP contribution in [0.5, 0.6) is 0 Å². The van der Waals surface area contributed by atoms with Crippen LogP contribution in [0.15, 0.2) is 75.0 Å². The molecule has 0 fully saturated rings. The Bertz CT molecular complexity index is 1380. The predicted molar refractivity (Wildman–Crippen MR) is 125 cm³/mol. The van der Waals surface area contributed by atoms with Gasteiger partial charge in [0.05, 0.1) is 13.2 Å². The van der Waals surface area contributed by atoms with E-state index in [-0.39, 0.29) is 30.4 Å². The highest BCUT2D eigenvalue weighted by molar-refractivity contribution is 6.04. The van der Waals surface area contributed by atoms with Crippen molar-refractivity contribution < 1.29 is 14.1 Å². The Labute approximate surface area is 193 Å². The molecule has 0 aliphatic carbocycles. The van der Waals surface area contributed by atoms with Crippen molar-refractivity contribution in [1.29, 1.82) is 0 Å². The van der Waals surface area contributed by atoms with Gasteiger partial charge in [0, 0.05) is 37.7 Å². The van der Waals surface area contributed by atoms with Crippen molar-refractivity contribution in [1.82, 2.24) is 19.7 Å². The first-order valence-electron chi connectivity index (χ1n) is 10.4. The molecule has 0 aliphatic rings. The Kier molecular flexibility index (Phi) is 6.94. The maximum Gasteiger partial charge on any atom is 0.330 e. The minimum absolute atomic E-state index is 0.00217. The summed E-state index contributed by atoms with van der Waals surface area (Å²) in [6.07, 6.45) is 3.19. The predicted octanol–water partition coefficient (Wildman–Crippen LogP) is 2.10. The molecule has 0 atom stereocenters. The van der Waals surface area contributed by atoms with Crippen molar-refractivity contribution in [2.45, 2.75) is 13.1 Å². The summed E-state index contributed by atoms with van der Waals surface area (Å²) in [5.41, 5.74) is 0.210. The molecule has 3 heterocycles. The molecule has 3 N–H and O–H groups in total. The van der Waals surface area contributed by atoms with Gasteiger partial charge < -0.3 is 19.9 Å². The molecule has 0 spiro atoms. The zero-order chi connectivity index (χ0) is 23.9. The number of hydrogen-bond donors (Lipinski definition) is 3. The Balaban J connectivity index is 1.67. The van der Waals surface area contributed by atoms with Crippen LogP contribution >= 0.6 is 0 Å². The zero-order valence-electron chi connectivity index (χ0n) is 18.3. The summed E-state index contributed by atoms with van der Waals surface area (Å²) in [7, 11) is 1.49. The van der Waals surface area contributed by atoms with E-state index in [2.05, 4.69) is 25.8 Å². The number of nitrogens with zero attached hydrogens (tertiary/aromatic N) is 3. The molecule has 11 nitrogen and oxygen atoms in total. The molecule has 0 saturated heterocycles. The molecule has 3 aromatic heterocycles. The number of benzene rings is 1. The van der Waals surface area contributed by atoms with E-state index in [0.717, 1.165) is 5.56 Å². The average molecular weight is 462 g/mol. The van der Waals surface area contributed by atoms with Gasteiger partial charge in [-0.25, -0.2) is 4.79 Å². The minimum atomic E-state index is -0.682. The molecule has 0 saturated carbocycles. The Morgan fingerprint density at radius 1 is 1.18 bits per heavy atom. The molecule has 0 bridgehead atoms. The lowest BCUT2D eigenvalue weighted by Gasteiger charge is -2.17. The van der Waals surface area contributed by atoms with Crippen molar-refractivity contribution in [2.24, 2.45) is 0 Å². The number of aromatic nitrogens is 4. The number of anilines is 2. The maximum absolute atomic E-state index is 13.0. The fourth-order valence-electron chi connectivity index (χ4n) is 3.25. The van der Waals surface area contributed by atoms with Gasteiger partial charge in [0.25, 0.3) is 11.5 Å². The van der Waals surface area contributed by atoms with Gasteiger partial charge in [0.2, 0.25) is 0 Å². The second kappa shape index (κ2) is 10.4. The van der Waals surface area contributed by atoms with Crippen LogP contribution in [0, 0.1) is 0 Å². The number of aromatic amines is 1. The highest BCUT2D eigenvalue weighted by atomic mass is 16.5. The number of ether oxygens (including phenoxy) is 1. The second-order valence-electron chi connectivity index (χ2n) is 7.24. The number of methoxy groups -OCH3 is 1. The summed E-state index contributed by atoms with van der Waals surface area (Å²) in [5.74, 6) is -0.307. The summed E-state index contributed by atoms with van der Waals surface area (Å²) in [5, 5.41) is 9.47. The first-order valence-corrected chi connectivity index (χ1v) is 10.4. The van der Waals surface area contributed by atoms with E-state index >= 15 is 0 Å². The largest absolute Gasteiger partial charge is 0.383 e. The van der Waals surface area contributed by atoms with Gasteiger partial charge >= 0.3 is 5.69 Å². The van der Waals surface area contributed by atoms with Crippen LogP contribution in [0.3, 0.4) is 0 Å². The Morgan fingerprint density at radius 2 is 2.00 bits per heavy atom. The van der Waals surface area contributed by atoms with E-state index in [9.17, 15) is 14.4 Å². The third-order valence-electron chi connectivity index (χ3n) is 4.95. The normalized spacial score (nSPS) is 10.7. The lowest BCUT2D eigenvalue weighted by molar-refractivity contribution is 0.101. The monoisotopic (exact) mass is 462 g/mol. The van der Waals surface area contributed by atoms with Crippen LogP contribution in [-0.4, -0.2) is 39.3 Å². The van der Waals surface area contributed by atoms with Gasteiger partial charge in [0.1, 0.15) is 11.5 Å². The SMILES string of the molecule is COCCn1c(NC(=O)c2cc(-c3cccnc3)on2)c(NCc2ccccc2)c(=O)[nH]c1=O. The summed E-state index contributed by atoms with van der Waals surface area (Å²) < 4.78 is 11.6. The first kappa shape index (κ1) is 22.7. The van der Waals surface area contributed by atoms with Crippen molar-refractivity contribution in [3.05, 3.63) is 93.0 Å². The standard InChI is InChI=1S/C23H22N6O5/c1-33-11-10-29-20(19(22(31)27-23(29)32)25-13-15-6-3-2-4-7-15)26-21(30)17-12-18(34-28-17)16-8-5-9-24-14-16/h2-9,12,14,25H,10-11,13H2,1H3,(H,26,30)(H,27,31,32). The third-order valence-corrected chi connectivity index (χ3v) is 4.95. The van der Waals surface area contributed by atoms with Crippen molar-refractivity contribution in [3.8, 4) is 11.3 Å². The van der Waals surface area contributed by atoms with Crippen LogP contribution in [0.25, 0.3) is 11.3 Å². The van der Waals surface area contributed by atoms with E-state index in [1.807, 2.05) is 30.3 Å². The molecule has 1 aromatic carbocycles. The number of pyridine rings is 1. The lowest BCUT2D eigenvalue weighted by Crippen LogP contribution is -2.36. The zero-order valence-corrected chi connectivity index (χ0v) is 18.3. The molecule has 0 aliphatic heterocycles. The van der Waals surface area contributed by atoms with Crippen LogP contribution in [-0.2, 0) is 17.8 Å². The van der Waals surface area contributed by atoms with Gasteiger partial charge in [0.15, 0.2) is 11.5 Å². The smallest absolute Gasteiger partial charge is 0.330 e. The number of rotatable bonds is 9. The van der Waals surface area contributed by atoms with E-state index in [1.54, 1.807) is 24.5 Å².